The maximum atomic E-state index is 13.2. The van der Waals surface area contributed by atoms with Crippen LogP contribution in [0.15, 0.2) is 18.2 Å². The van der Waals surface area contributed by atoms with Crippen molar-refractivity contribution >= 4 is 5.69 Å². The van der Waals surface area contributed by atoms with E-state index in [-0.39, 0.29) is 5.69 Å². The van der Waals surface area contributed by atoms with Crippen molar-refractivity contribution in [3.05, 3.63) is 39.7 Å². The average Bonchev–Trinajstić information content (AvgIpc) is 2.85. The number of hydrogen-bond acceptors (Lipinski definition) is 3. The van der Waals surface area contributed by atoms with E-state index >= 15 is 0 Å². The van der Waals surface area contributed by atoms with Crippen molar-refractivity contribution in [3.63, 3.8) is 0 Å². The summed E-state index contributed by atoms with van der Waals surface area (Å²) in [7, 11) is 0. The average molecular weight is 252 g/mol. The highest BCUT2D eigenvalue weighted by atomic mass is 19.1. The number of non-ortho nitro benzene ring substituents is 1. The van der Waals surface area contributed by atoms with E-state index in [0.717, 1.165) is 12.6 Å². The highest BCUT2D eigenvalue weighted by Crippen LogP contribution is 2.50. The fourth-order valence-electron chi connectivity index (χ4n) is 2.16. The molecule has 1 aliphatic rings. The summed E-state index contributed by atoms with van der Waals surface area (Å²) in [5.41, 5.74) is 0.819. The molecule has 1 fully saturated rings. The first kappa shape index (κ1) is 13.0. The lowest BCUT2D eigenvalue weighted by molar-refractivity contribution is -0.385. The zero-order valence-electron chi connectivity index (χ0n) is 10.6. The van der Waals surface area contributed by atoms with Gasteiger partial charge in [0.1, 0.15) is 5.82 Å². The topological polar surface area (TPSA) is 55.2 Å². The number of halogens is 1. The van der Waals surface area contributed by atoms with Crippen LogP contribution in [0.3, 0.4) is 0 Å². The second-order valence-corrected chi connectivity index (χ2v) is 5.60. The molecule has 0 aliphatic heterocycles. The molecule has 1 N–H and O–H groups in total. The summed E-state index contributed by atoms with van der Waals surface area (Å²) >= 11 is 0. The first-order valence-electron chi connectivity index (χ1n) is 6.03. The van der Waals surface area contributed by atoms with Gasteiger partial charge in [-0.25, -0.2) is 4.39 Å². The molecule has 0 amide bonds. The maximum Gasteiger partial charge on any atom is 0.272 e. The molecule has 18 heavy (non-hydrogen) atoms. The van der Waals surface area contributed by atoms with Crippen LogP contribution in [0.4, 0.5) is 10.1 Å². The first-order chi connectivity index (χ1) is 8.38. The van der Waals surface area contributed by atoms with E-state index < -0.39 is 10.7 Å². The van der Waals surface area contributed by atoms with Gasteiger partial charge in [0.2, 0.25) is 0 Å². The van der Waals surface area contributed by atoms with Crippen molar-refractivity contribution in [2.75, 3.05) is 6.54 Å². The van der Waals surface area contributed by atoms with Crippen LogP contribution in [0.1, 0.15) is 25.8 Å². The monoisotopic (exact) mass is 252 g/mol. The van der Waals surface area contributed by atoms with Gasteiger partial charge in [-0.05, 0) is 35.9 Å². The van der Waals surface area contributed by atoms with Crippen molar-refractivity contribution in [2.24, 2.45) is 11.3 Å². The largest absolute Gasteiger partial charge is 0.312 e. The van der Waals surface area contributed by atoms with Gasteiger partial charge in [0.25, 0.3) is 5.69 Å². The summed E-state index contributed by atoms with van der Waals surface area (Å²) < 4.78 is 13.2. The number of nitro groups is 1. The van der Waals surface area contributed by atoms with Crippen LogP contribution in [0.5, 0.6) is 0 Å². The van der Waals surface area contributed by atoms with Gasteiger partial charge in [-0.15, -0.1) is 0 Å². The van der Waals surface area contributed by atoms with Crippen LogP contribution in [0.25, 0.3) is 0 Å². The minimum Gasteiger partial charge on any atom is -0.312 e. The molecule has 4 nitrogen and oxygen atoms in total. The Labute approximate surface area is 105 Å². The third-order valence-corrected chi connectivity index (χ3v) is 3.59. The number of nitro benzene ring substituents is 1. The van der Waals surface area contributed by atoms with E-state index in [4.69, 9.17) is 0 Å². The molecule has 98 valence electrons. The van der Waals surface area contributed by atoms with E-state index in [1.807, 2.05) is 0 Å². The molecule has 1 aliphatic carbocycles. The molecular formula is C13H17FN2O2. The van der Waals surface area contributed by atoms with Gasteiger partial charge >= 0.3 is 0 Å². The van der Waals surface area contributed by atoms with Gasteiger partial charge in [-0.1, -0.05) is 13.8 Å². The number of benzene rings is 1. The maximum absolute atomic E-state index is 13.2. The molecule has 1 saturated carbocycles. The Morgan fingerprint density at radius 3 is 2.72 bits per heavy atom. The summed E-state index contributed by atoms with van der Waals surface area (Å²) in [6, 6.07) is 3.68. The predicted octanol–water partition coefficient (Wildman–Crippen LogP) is 2.87. The lowest BCUT2D eigenvalue weighted by Gasteiger charge is -2.06. The van der Waals surface area contributed by atoms with E-state index in [1.54, 1.807) is 0 Å². The molecule has 0 bridgehead atoms. The van der Waals surface area contributed by atoms with E-state index in [0.29, 0.717) is 23.4 Å². The van der Waals surface area contributed by atoms with Crippen LogP contribution >= 0.6 is 0 Å². The van der Waals surface area contributed by atoms with Gasteiger partial charge < -0.3 is 5.32 Å². The van der Waals surface area contributed by atoms with Crippen molar-refractivity contribution in [1.82, 2.24) is 5.32 Å². The molecular weight excluding hydrogens is 235 g/mol. The fourth-order valence-corrected chi connectivity index (χ4v) is 2.16. The zero-order valence-corrected chi connectivity index (χ0v) is 10.6. The lowest BCUT2D eigenvalue weighted by atomic mass is 10.1. The van der Waals surface area contributed by atoms with Gasteiger partial charge in [0.05, 0.1) is 11.0 Å². The number of rotatable bonds is 5. The lowest BCUT2D eigenvalue weighted by Crippen LogP contribution is -2.18. The van der Waals surface area contributed by atoms with Crippen molar-refractivity contribution in [3.8, 4) is 0 Å². The predicted molar refractivity (Wildman–Crippen MR) is 66.6 cm³/mol. The molecule has 1 aromatic carbocycles. The highest BCUT2D eigenvalue weighted by molar-refractivity contribution is 5.35. The Balaban J connectivity index is 1.91. The normalized spacial score (nSPS) is 20.7. The molecule has 1 aromatic rings. The number of nitrogens with one attached hydrogen (secondary N) is 1. The summed E-state index contributed by atoms with van der Waals surface area (Å²) in [6.45, 7) is 5.77. The molecule has 0 radical (unpaired) electrons. The van der Waals surface area contributed by atoms with Crippen molar-refractivity contribution in [2.45, 2.75) is 26.8 Å². The molecule has 0 spiro atoms. The SMILES string of the molecule is CC1(C)CC1CNCc1cc(F)cc([N+](=O)[O-])c1. The van der Waals surface area contributed by atoms with Crippen LogP contribution in [0, 0.1) is 27.3 Å². The Bertz CT molecular complexity index is 474. The molecule has 0 heterocycles. The van der Waals surface area contributed by atoms with Crippen molar-refractivity contribution < 1.29 is 9.31 Å². The Morgan fingerprint density at radius 1 is 1.50 bits per heavy atom. The fraction of sp³-hybridized carbons (Fsp3) is 0.538. The standard InChI is InChI=1S/C13H17FN2O2/c1-13(2)6-10(13)8-15-7-9-3-11(14)5-12(4-9)16(17)18/h3-5,10,15H,6-8H2,1-2H3. The second-order valence-electron chi connectivity index (χ2n) is 5.60. The summed E-state index contributed by atoms with van der Waals surface area (Å²) in [6.07, 6.45) is 1.20. The van der Waals surface area contributed by atoms with Gasteiger partial charge in [-0.2, -0.15) is 0 Å². The molecule has 0 saturated heterocycles. The van der Waals surface area contributed by atoms with Crippen LogP contribution in [-0.4, -0.2) is 11.5 Å². The van der Waals surface area contributed by atoms with Gasteiger partial charge in [0, 0.05) is 12.6 Å². The first-order valence-corrected chi connectivity index (χ1v) is 6.03. The minimum atomic E-state index is -0.573. The molecule has 5 heteroatoms. The van der Waals surface area contributed by atoms with Gasteiger partial charge in [0.15, 0.2) is 0 Å². The smallest absolute Gasteiger partial charge is 0.272 e. The number of hydrogen-bond donors (Lipinski definition) is 1. The van der Waals surface area contributed by atoms with Gasteiger partial charge in [-0.3, -0.25) is 10.1 Å². The Hall–Kier alpha value is -1.49. The van der Waals surface area contributed by atoms with Crippen LogP contribution < -0.4 is 5.32 Å². The Kier molecular flexibility index (Phi) is 3.34. The van der Waals surface area contributed by atoms with E-state index in [1.165, 1.54) is 18.6 Å². The number of nitrogens with zero attached hydrogens (tertiary/aromatic N) is 1. The minimum absolute atomic E-state index is 0.196. The van der Waals surface area contributed by atoms with Crippen LogP contribution in [0.2, 0.25) is 0 Å². The molecule has 2 rings (SSSR count). The van der Waals surface area contributed by atoms with E-state index in [9.17, 15) is 14.5 Å². The molecule has 1 atom stereocenters. The van der Waals surface area contributed by atoms with E-state index in [2.05, 4.69) is 19.2 Å². The van der Waals surface area contributed by atoms with Crippen molar-refractivity contribution in [1.29, 1.82) is 0 Å². The van der Waals surface area contributed by atoms with Crippen LogP contribution in [-0.2, 0) is 6.54 Å². The molecule has 1 unspecified atom stereocenters. The second kappa shape index (κ2) is 4.65. The summed E-state index contributed by atoms with van der Waals surface area (Å²) in [4.78, 5) is 10.0. The zero-order chi connectivity index (χ0) is 13.3. The highest BCUT2D eigenvalue weighted by Gasteiger charge is 2.44. The third kappa shape index (κ3) is 3.04. The molecule has 0 aromatic heterocycles. The summed E-state index contributed by atoms with van der Waals surface area (Å²) in [5, 5.41) is 13.8. The Morgan fingerprint density at radius 2 is 2.17 bits per heavy atom. The summed E-state index contributed by atoms with van der Waals surface area (Å²) in [5.74, 6) is 0.0915. The quantitative estimate of drug-likeness (QED) is 0.647. The third-order valence-electron chi connectivity index (χ3n) is 3.59.